The topological polar surface area (TPSA) is 105 Å². The molecule has 2 aromatic rings. The van der Waals surface area contributed by atoms with E-state index in [9.17, 15) is 19.7 Å². The van der Waals surface area contributed by atoms with Crippen LogP contribution < -0.4 is 4.74 Å². The summed E-state index contributed by atoms with van der Waals surface area (Å²) in [5.41, 5.74) is 1.85. The third-order valence-electron chi connectivity index (χ3n) is 7.30. The van der Waals surface area contributed by atoms with Crippen LogP contribution in [-0.4, -0.2) is 28.9 Å². The van der Waals surface area contributed by atoms with E-state index in [4.69, 9.17) is 25.8 Å². The number of ketones is 1. The molecular weight excluding hydrogens is 498 g/mol. The van der Waals surface area contributed by atoms with E-state index in [2.05, 4.69) is 0 Å². The molecule has 9 heteroatoms. The molecule has 37 heavy (non-hydrogen) atoms. The molecule has 0 unspecified atom stereocenters. The molecule has 2 aliphatic heterocycles. The quantitative estimate of drug-likeness (QED) is 0.255. The average Bonchev–Trinajstić information content (AvgIpc) is 3.48. The van der Waals surface area contributed by atoms with E-state index in [1.54, 1.807) is 32.9 Å². The number of Topliss-reactive ketones (excluding diaryl/α,β-unsaturated/α-hetero) is 1. The Morgan fingerprint density at radius 3 is 2.27 bits per heavy atom. The van der Waals surface area contributed by atoms with Crippen LogP contribution in [0.5, 0.6) is 11.5 Å². The molecule has 2 bridgehead atoms. The number of carbonyl (C=O) groups is 2. The number of hydrogen-bond donors (Lipinski definition) is 0. The minimum Gasteiger partial charge on any atom is -0.456 e. The van der Waals surface area contributed by atoms with Crippen LogP contribution in [0.3, 0.4) is 0 Å². The van der Waals surface area contributed by atoms with E-state index in [-0.39, 0.29) is 52.3 Å². The number of rotatable bonds is 5. The van der Waals surface area contributed by atoms with Crippen LogP contribution in [0.2, 0.25) is 5.02 Å². The molecule has 0 spiro atoms. The van der Waals surface area contributed by atoms with E-state index in [0.29, 0.717) is 17.1 Å². The summed E-state index contributed by atoms with van der Waals surface area (Å²) in [4.78, 5) is 37.2. The highest BCUT2D eigenvalue weighted by Gasteiger charge is 2.60. The van der Waals surface area contributed by atoms with Gasteiger partial charge >= 0.3 is 5.97 Å². The van der Waals surface area contributed by atoms with E-state index < -0.39 is 10.3 Å². The van der Waals surface area contributed by atoms with E-state index in [1.807, 2.05) is 13.8 Å². The van der Waals surface area contributed by atoms with Crippen molar-refractivity contribution in [3.63, 3.8) is 0 Å². The predicted octanol–water partition coefficient (Wildman–Crippen LogP) is 6.33. The second-order valence-corrected chi connectivity index (χ2v) is 11.4. The van der Waals surface area contributed by atoms with Crippen LogP contribution in [0.4, 0.5) is 5.69 Å². The summed E-state index contributed by atoms with van der Waals surface area (Å²) in [6, 6.07) is 7.56. The Morgan fingerprint density at radius 2 is 1.70 bits per heavy atom. The Kier molecular flexibility index (Phi) is 6.15. The van der Waals surface area contributed by atoms with Gasteiger partial charge in [-0.3, -0.25) is 19.7 Å². The molecule has 0 amide bonds. The lowest BCUT2D eigenvalue weighted by molar-refractivity contribution is -0.384. The number of allylic oxidation sites excluding steroid dienone is 1. The third-order valence-corrected chi connectivity index (χ3v) is 7.59. The van der Waals surface area contributed by atoms with Crippen LogP contribution in [-0.2, 0) is 19.1 Å². The third kappa shape index (κ3) is 4.32. The first kappa shape index (κ1) is 25.4. The van der Waals surface area contributed by atoms with Gasteiger partial charge in [-0.25, -0.2) is 0 Å². The highest BCUT2D eigenvalue weighted by Crippen LogP contribution is 2.55. The lowest BCUT2D eigenvalue weighted by Crippen LogP contribution is -2.31. The van der Waals surface area contributed by atoms with E-state index in [1.165, 1.54) is 18.2 Å². The first-order valence-electron chi connectivity index (χ1n) is 12.3. The molecule has 0 radical (unpaired) electrons. The highest BCUT2D eigenvalue weighted by molar-refractivity contribution is 6.32. The molecule has 8 nitrogen and oxygen atoms in total. The van der Waals surface area contributed by atoms with E-state index in [0.717, 1.165) is 29.5 Å². The summed E-state index contributed by atoms with van der Waals surface area (Å²) in [6.07, 6.45) is 1.37. The molecule has 2 fully saturated rings. The molecule has 4 atom stereocenters. The van der Waals surface area contributed by atoms with Crippen LogP contribution in [0, 0.1) is 41.2 Å². The van der Waals surface area contributed by atoms with Gasteiger partial charge in [0.15, 0.2) is 5.78 Å². The summed E-state index contributed by atoms with van der Waals surface area (Å²) in [5.74, 6) is 0.119. The van der Waals surface area contributed by atoms with Gasteiger partial charge in [0.2, 0.25) is 0 Å². The zero-order chi connectivity index (χ0) is 26.8. The lowest BCUT2D eigenvalue weighted by Gasteiger charge is -2.24. The maximum absolute atomic E-state index is 13.8. The average molecular weight is 526 g/mol. The van der Waals surface area contributed by atoms with Gasteiger partial charge < -0.3 is 14.2 Å². The fourth-order valence-electron chi connectivity index (χ4n) is 5.61. The maximum atomic E-state index is 13.8. The number of benzene rings is 2. The number of halogens is 1. The smallest absolute Gasteiger partial charge is 0.316 e. The Bertz CT molecular complexity index is 1350. The molecule has 1 aliphatic carbocycles. The van der Waals surface area contributed by atoms with E-state index >= 15 is 0 Å². The number of nitrogens with zero attached hydrogens (tertiary/aromatic N) is 1. The monoisotopic (exact) mass is 525 g/mol. The van der Waals surface area contributed by atoms with Crippen molar-refractivity contribution in [1.82, 2.24) is 0 Å². The molecule has 0 aromatic heterocycles. The van der Waals surface area contributed by atoms with Crippen molar-refractivity contribution in [2.24, 2.45) is 17.3 Å². The van der Waals surface area contributed by atoms with Gasteiger partial charge in [-0.1, -0.05) is 11.6 Å². The van der Waals surface area contributed by atoms with Gasteiger partial charge in [0.25, 0.3) is 5.69 Å². The zero-order valence-electron chi connectivity index (χ0n) is 21.3. The number of carbonyl (C=O) groups excluding carboxylic acids is 2. The molecule has 0 N–H and O–H groups in total. The molecule has 2 heterocycles. The summed E-state index contributed by atoms with van der Waals surface area (Å²) in [7, 11) is 0. The Labute approximate surface area is 219 Å². The van der Waals surface area contributed by atoms with Gasteiger partial charge in [-0.2, -0.15) is 0 Å². The van der Waals surface area contributed by atoms with Crippen molar-refractivity contribution in [2.45, 2.75) is 59.7 Å². The van der Waals surface area contributed by atoms with Gasteiger partial charge in [-0.15, -0.1) is 0 Å². The second kappa shape index (κ2) is 8.96. The first-order chi connectivity index (χ1) is 17.4. The van der Waals surface area contributed by atoms with Gasteiger partial charge in [0, 0.05) is 12.1 Å². The van der Waals surface area contributed by atoms with Gasteiger partial charge in [0.05, 0.1) is 45.0 Å². The second-order valence-electron chi connectivity index (χ2n) is 11.0. The van der Waals surface area contributed by atoms with Gasteiger partial charge in [-0.05, 0) is 82.3 Å². The van der Waals surface area contributed by atoms with Gasteiger partial charge in [0.1, 0.15) is 17.3 Å². The largest absolute Gasteiger partial charge is 0.456 e. The van der Waals surface area contributed by atoms with Crippen molar-refractivity contribution >= 4 is 34.6 Å². The summed E-state index contributed by atoms with van der Waals surface area (Å²) in [6.45, 7) is 9.10. The van der Waals surface area contributed by atoms with Crippen LogP contribution >= 0.6 is 11.6 Å². The molecule has 0 saturated carbocycles. The number of fused-ring (bicyclic) bond motifs is 5. The number of nitro benzene ring substituents is 1. The molecule has 5 rings (SSSR count). The Hall–Kier alpha value is -3.23. The lowest BCUT2D eigenvalue weighted by atomic mass is 9.80. The Morgan fingerprint density at radius 1 is 1.08 bits per heavy atom. The molecule has 2 aromatic carbocycles. The standard InChI is InChI=1S/C28H28ClNO7/c1-13-10-16(35-18-7-6-15(30(33)34)12-17(18)29)11-14(2)21(13)24-25(31)22-19-8-9-20(36-19)23(22)26(24)37-27(32)28(3,4)5/h6-7,10-12,19-20,22-23H,8-9H2,1-5H3/t19-,20+,22-,23+/m0/s1. The van der Waals surface area contributed by atoms with Crippen molar-refractivity contribution in [3.8, 4) is 11.5 Å². The fourth-order valence-corrected chi connectivity index (χ4v) is 5.82. The Balaban J connectivity index is 1.55. The minimum atomic E-state index is -0.733. The molecule has 2 saturated heterocycles. The molecule has 3 aliphatic rings. The zero-order valence-corrected chi connectivity index (χ0v) is 22.0. The van der Waals surface area contributed by atoms with Crippen molar-refractivity contribution < 1.29 is 28.7 Å². The SMILES string of the molecule is Cc1cc(Oc2ccc([N+](=O)[O-])cc2Cl)cc(C)c1C1=C(OC(=O)C(C)(C)C)[C@H]2[C@@H](C1=O)[C@@H]1CC[C@H]2O1. The predicted molar refractivity (Wildman–Crippen MR) is 136 cm³/mol. The molecular formula is C28H28ClNO7. The van der Waals surface area contributed by atoms with Crippen molar-refractivity contribution in [1.29, 1.82) is 0 Å². The van der Waals surface area contributed by atoms with Crippen LogP contribution in [0.15, 0.2) is 36.1 Å². The van der Waals surface area contributed by atoms with Crippen LogP contribution in [0.1, 0.15) is 50.3 Å². The summed E-state index contributed by atoms with van der Waals surface area (Å²) < 4.78 is 18.0. The minimum absolute atomic E-state index is 0.0489. The first-order valence-corrected chi connectivity index (χ1v) is 12.6. The number of aryl methyl sites for hydroxylation is 2. The number of nitro groups is 1. The highest BCUT2D eigenvalue weighted by atomic mass is 35.5. The fraction of sp³-hybridized carbons (Fsp3) is 0.429. The number of esters is 1. The summed E-state index contributed by atoms with van der Waals surface area (Å²) >= 11 is 6.21. The number of hydrogen-bond acceptors (Lipinski definition) is 7. The molecule has 194 valence electrons. The number of ether oxygens (including phenoxy) is 3. The maximum Gasteiger partial charge on any atom is 0.316 e. The van der Waals surface area contributed by atoms with Crippen LogP contribution in [0.25, 0.3) is 5.57 Å². The van der Waals surface area contributed by atoms with Crippen molar-refractivity contribution in [3.05, 3.63) is 67.9 Å². The van der Waals surface area contributed by atoms with Crippen molar-refractivity contribution in [2.75, 3.05) is 0 Å². The number of non-ortho nitro benzene ring substituents is 1. The summed E-state index contributed by atoms with van der Waals surface area (Å²) in [5, 5.41) is 11.1. The normalized spacial score (nSPS) is 24.4.